The Bertz CT molecular complexity index is 1220. The lowest BCUT2D eigenvalue weighted by Gasteiger charge is -2.27. The van der Waals surface area contributed by atoms with Gasteiger partial charge in [0.05, 0.1) is 48.1 Å². The predicted octanol–water partition coefficient (Wildman–Crippen LogP) is 2.20. The minimum absolute atomic E-state index is 0.216. The monoisotopic (exact) mass is 412 g/mol. The fourth-order valence-corrected chi connectivity index (χ4v) is 4.60. The molecule has 1 aliphatic carbocycles. The van der Waals surface area contributed by atoms with Crippen molar-refractivity contribution < 1.29 is 18.7 Å². The van der Waals surface area contributed by atoms with Gasteiger partial charge in [0.2, 0.25) is 0 Å². The van der Waals surface area contributed by atoms with E-state index in [0.29, 0.717) is 39.2 Å². The first-order valence-corrected chi connectivity index (χ1v) is 9.93. The molecule has 0 N–H and O–H groups in total. The summed E-state index contributed by atoms with van der Waals surface area (Å²) in [6, 6.07) is 2.98. The molecule has 0 saturated heterocycles. The van der Waals surface area contributed by atoms with Crippen LogP contribution in [-0.4, -0.2) is 24.8 Å². The van der Waals surface area contributed by atoms with E-state index < -0.39 is 12.0 Å². The van der Waals surface area contributed by atoms with Crippen molar-refractivity contribution in [3.63, 3.8) is 0 Å². The number of methoxy groups -OCH3 is 2. The molecule has 0 saturated carbocycles. The zero-order chi connectivity index (χ0) is 20.5. The quantitative estimate of drug-likeness (QED) is 0.719. The number of furan rings is 1. The lowest BCUT2D eigenvalue weighted by Crippen LogP contribution is -2.40. The number of aromatic nitrogens is 1. The number of allylic oxidation sites excluding steroid dienone is 5. The van der Waals surface area contributed by atoms with E-state index in [2.05, 4.69) is 4.99 Å². The van der Waals surface area contributed by atoms with Crippen LogP contribution in [0.1, 0.15) is 31.6 Å². The van der Waals surface area contributed by atoms with Crippen LogP contribution >= 0.6 is 11.3 Å². The van der Waals surface area contributed by atoms with Crippen LogP contribution in [0.3, 0.4) is 0 Å². The number of nitrogens with zero attached hydrogens (tertiary/aromatic N) is 2. The summed E-state index contributed by atoms with van der Waals surface area (Å²) in [5, 5.41) is 0. The molecule has 0 spiro atoms. The molecule has 2 aromatic heterocycles. The Morgan fingerprint density at radius 3 is 2.79 bits per heavy atom. The van der Waals surface area contributed by atoms with Gasteiger partial charge < -0.3 is 13.9 Å². The SMILES string of the molecule is COC(=O)C1=C(C)N=c2s/c(=C/c3ccco3)c(=O)n2C1C1=CC=C(OC)CC1. The van der Waals surface area contributed by atoms with Crippen molar-refractivity contribution in [3.05, 3.63) is 78.6 Å². The fraction of sp³-hybridized carbons (Fsp3) is 0.286. The molecule has 7 nitrogen and oxygen atoms in total. The Morgan fingerprint density at radius 2 is 2.17 bits per heavy atom. The van der Waals surface area contributed by atoms with Gasteiger partial charge >= 0.3 is 5.97 Å². The second-order valence-corrected chi connectivity index (χ2v) is 7.68. The zero-order valence-electron chi connectivity index (χ0n) is 16.3. The summed E-state index contributed by atoms with van der Waals surface area (Å²) >= 11 is 1.27. The van der Waals surface area contributed by atoms with Crippen LogP contribution in [0.25, 0.3) is 6.08 Å². The smallest absolute Gasteiger partial charge is 0.338 e. The second-order valence-electron chi connectivity index (χ2n) is 6.67. The Kier molecular flexibility index (Phi) is 5.10. The molecule has 0 radical (unpaired) electrons. The first-order valence-electron chi connectivity index (χ1n) is 9.11. The van der Waals surface area contributed by atoms with E-state index in [4.69, 9.17) is 13.9 Å². The van der Waals surface area contributed by atoms with Crippen molar-refractivity contribution in [2.45, 2.75) is 25.8 Å². The van der Waals surface area contributed by atoms with E-state index in [0.717, 1.165) is 11.3 Å². The molecule has 4 rings (SSSR count). The molecule has 2 aliphatic rings. The minimum atomic E-state index is -0.563. The molecular weight excluding hydrogens is 392 g/mol. The molecule has 0 aromatic carbocycles. The van der Waals surface area contributed by atoms with E-state index in [1.54, 1.807) is 43.1 Å². The molecule has 8 heteroatoms. The number of thiazole rings is 1. The van der Waals surface area contributed by atoms with Crippen LogP contribution in [0, 0.1) is 0 Å². The summed E-state index contributed by atoms with van der Waals surface area (Å²) in [5.41, 5.74) is 1.65. The summed E-state index contributed by atoms with van der Waals surface area (Å²) in [6.07, 6.45) is 8.40. The van der Waals surface area contributed by atoms with Gasteiger partial charge in [0.1, 0.15) is 5.76 Å². The number of ether oxygens (including phenoxy) is 2. The van der Waals surface area contributed by atoms with E-state index in [1.165, 1.54) is 18.4 Å². The lowest BCUT2D eigenvalue weighted by atomic mass is 9.90. The first kappa shape index (κ1) is 19.2. The van der Waals surface area contributed by atoms with Gasteiger partial charge in [0.15, 0.2) is 4.80 Å². The Balaban J connectivity index is 1.94. The highest BCUT2D eigenvalue weighted by molar-refractivity contribution is 7.07. The topological polar surface area (TPSA) is 83.0 Å². The standard InChI is InChI=1S/C21H20N2O5S/c1-12-17(20(25)27-3)18(13-6-8-14(26-2)9-7-13)23-19(24)16(29-21(23)22-12)11-15-5-4-10-28-15/h4-6,8,10-11,18H,7,9H2,1-3H3/b16-11+. The molecule has 0 amide bonds. The molecule has 0 fully saturated rings. The van der Waals surface area contributed by atoms with Crippen molar-refractivity contribution in [2.75, 3.05) is 14.2 Å². The molecule has 1 unspecified atom stereocenters. The van der Waals surface area contributed by atoms with E-state index >= 15 is 0 Å². The maximum absolute atomic E-state index is 13.3. The minimum Gasteiger partial charge on any atom is -0.501 e. The number of carbonyl (C=O) groups excluding carboxylic acids is 1. The van der Waals surface area contributed by atoms with Crippen LogP contribution in [-0.2, 0) is 14.3 Å². The number of esters is 1. The number of hydrogen-bond donors (Lipinski definition) is 0. The van der Waals surface area contributed by atoms with E-state index in [9.17, 15) is 9.59 Å². The van der Waals surface area contributed by atoms with Crippen LogP contribution in [0.15, 0.2) is 67.4 Å². The lowest BCUT2D eigenvalue weighted by molar-refractivity contribution is -0.136. The highest BCUT2D eigenvalue weighted by Gasteiger charge is 2.34. The fourth-order valence-electron chi connectivity index (χ4n) is 3.58. The summed E-state index contributed by atoms with van der Waals surface area (Å²) < 4.78 is 17.7. The molecule has 3 heterocycles. The number of rotatable bonds is 4. The zero-order valence-corrected chi connectivity index (χ0v) is 17.1. The van der Waals surface area contributed by atoms with Crippen molar-refractivity contribution in [3.8, 4) is 0 Å². The van der Waals surface area contributed by atoms with E-state index in [1.807, 2.05) is 12.2 Å². The normalized spacial score (nSPS) is 19.3. The first-order chi connectivity index (χ1) is 14.0. The number of hydrogen-bond acceptors (Lipinski definition) is 7. The van der Waals surface area contributed by atoms with Crippen LogP contribution in [0.2, 0.25) is 0 Å². The van der Waals surface area contributed by atoms with Crippen LogP contribution in [0.4, 0.5) is 0 Å². The summed E-state index contributed by atoms with van der Waals surface area (Å²) in [6.45, 7) is 1.77. The van der Waals surface area contributed by atoms with Gasteiger partial charge in [-0.1, -0.05) is 17.4 Å². The van der Waals surface area contributed by atoms with Gasteiger partial charge in [-0.05, 0) is 37.1 Å². The molecule has 150 valence electrons. The predicted molar refractivity (Wildman–Crippen MR) is 108 cm³/mol. The third kappa shape index (κ3) is 3.40. The van der Waals surface area contributed by atoms with Crippen molar-refractivity contribution in [1.82, 2.24) is 4.57 Å². The van der Waals surface area contributed by atoms with Crippen LogP contribution in [0.5, 0.6) is 0 Å². The maximum atomic E-state index is 13.3. The third-order valence-electron chi connectivity index (χ3n) is 5.00. The summed E-state index contributed by atoms with van der Waals surface area (Å²) in [5.74, 6) is 0.957. The van der Waals surface area contributed by atoms with Gasteiger partial charge in [-0.3, -0.25) is 9.36 Å². The third-order valence-corrected chi connectivity index (χ3v) is 5.98. The largest absolute Gasteiger partial charge is 0.501 e. The average Bonchev–Trinajstić information content (AvgIpc) is 3.35. The van der Waals surface area contributed by atoms with Crippen molar-refractivity contribution >= 4 is 23.4 Å². The molecule has 1 atom stereocenters. The van der Waals surface area contributed by atoms with Gasteiger partial charge in [0, 0.05) is 12.5 Å². The highest BCUT2D eigenvalue weighted by Crippen LogP contribution is 2.35. The molecule has 0 bridgehead atoms. The van der Waals surface area contributed by atoms with Crippen molar-refractivity contribution in [2.24, 2.45) is 4.99 Å². The molecule has 1 aliphatic heterocycles. The van der Waals surface area contributed by atoms with Crippen molar-refractivity contribution in [1.29, 1.82) is 0 Å². The van der Waals surface area contributed by atoms with E-state index in [-0.39, 0.29) is 5.56 Å². The molecular formula is C21H20N2O5S. The summed E-state index contributed by atoms with van der Waals surface area (Å²) in [4.78, 5) is 30.9. The Morgan fingerprint density at radius 1 is 1.34 bits per heavy atom. The van der Waals surface area contributed by atoms with Gasteiger partial charge in [0.25, 0.3) is 5.56 Å². The number of fused-ring (bicyclic) bond motifs is 1. The van der Waals surface area contributed by atoms with Crippen LogP contribution < -0.4 is 14.9 Å². The Hall–Kier alpha value is -3.13. The Labute approximate surface area is 170 Å². The molecule has 2 aromatic rings. The van der Waals surface area contributed by atoms with Gasteiger partial charge in [-0.2, -0.15) is 0 Å². The molecule has 29 heavy (non-hydrogen) atoms. The highest BCUT2D eigenvalue weighted by atomic mass is 32.1. The summed E-state index contributed by atoms with van der Waals surface area (Å²) in [7, 11) is 2.96. The number of carbonyl (C=O) groups is 1. The van der Waals surface area contributed by atoms with Gasteiger partial charge in [-0.15, -0.1) is 0 Å². The second kappa shape index (κ2) is 7.71. The average molecular weight is 412 g/mol. The van der Waals surface area contributed by atoms with Gasteiger partial charge in [-0.25, -0.2) is 9.79 Å². The maximum Gasteiger partial charge on any atom is 0.338 e.